The molecule has 33 heavy (non-hydrogen) atoms. The van der Waals surface area contributed by atoms with Crippen LogP contribution in [0.5, 0.6) is 5.75 Å². The number of halogens is 1. The molecule has 10 heteroatoms. The first-order valence-corrected chi connectivity index (χ1v) is 10.6. The molecular formula is C23H23FN8O. The van der Waals surface area contributed by atoms with Crippen molar-refractivity contribution in [2.75, 3.05) is 32.6 Å². The highest BCUT2D eigenvalue weighted by Crippen LogP contribution is 2.31. The molecule has 1 aliphatic rings. The van der Waals surface area contributed by atoms with Crippen molar-refractivity contribution >= 4 is 17.4 Å². The van der Waals surface area contributed by atoms with Gasteiger partial charge in [0, 0.05) is 49.2 Å². The fourth-order valence-electron chi connectivity index (χ4n) is 4.04. The maximum atomic E-state index is 14.6. The number of benzene rings is 1. The molecule has 9 nitrogen and oxygen atoms in total. The van der Waals surface area contributed by atoms with Crippen molar-refractivity contribution in [3.8, 4) is 17.0 Å². The highest BCUT2D eigenvalue weighted by Gasteiger charge is 2.21. The van der Waals surface area contributed by atoms with Gasteiger partial charge in [-0.2, -0.15) is 5.10 Å². The minimum absolute atomic E-state index is 0.242. The van der Waals surface area contributed by atoms with E-state index in [1.54, 1.807) is 29.1 Å². The van der Waals surface area contributed by atoms with Crippen molar-refractivity contribution in [2.45, 2.75) is 19.5 Å². The quantitative estimate of drug-likeness (QED) is 0.439. The van der Waals surface area contributed by atoms with E-state index in [4.69, 9.17) is 11.3 Å². The molecule has 5 rings (SSSR count). The Kier molecular flexibility index (Phi) is 5.40. The molecule has 1 N–H and O–H groups in total. The molecule has 0 amide bonds. The van der Waals surface area contributed by atoms with Gasteiger partial charge in [-0.15, -0.1) is 0 Å². The second-order valence-corrected chi connectivity index (χ2v) is 8.10. The first-order chi connectivity index (χ1) is 16.0. The lowest BCUT2D eigenvalue weighted by Crippen LogP contribution is -2.19. The normalized spacial score (nSPS) is 12.7. The summed E-state index contributed by atoms with van der Waals surface area (Å²) in [6.07, 6.45) is 5.77. The predicted molar refractivity (Wildman–Crippen MR) is 122 cm³/mol. The molecule has 168 valence electrons. The number of likely N-dealkylation sites (N-methyl/N-ethyl adjacent to an activating group) is 1. The zero-order valence-electron chi connectivity index (χ0n) is 18.4. The van der Waals surface area contributed by atoms with Crippen molar-refractivity contribution in [2.24, 2.45) is 0 Å². The van der Waals surface area contributed by atoms with Crippen molar-refractivity contribution in [3.05, 3.63) is 65.2 Å². The Morgan fingerprint density at radius 3 is 3.00 bits per heavy atom. The van der Waals surface area contributed by atoms with Gasteiger partial charge in [0.2, 0.25) is 11.6 Å². The molecule has 0 saturated heterocycles. The van der Waals surface area contributed by atoms with Gasteiger partial charge in [0.15, 0.2) is 0 Å². The number of imidazole rings is 1. The van der Waals surface area contributed by atoms with E-state index < -0.39 is 0 Å². The highest BCUT2D eigenvalue weighted by molar-refractivity contribution is 5.77. The van der Waals surface area contributed by atoms with Crippen LogP contribution in [0, 0.1) is 12.4 Å². The van der Waals surface area contributed by atoms with E-state index in [1.165, 1.54) is 6.07 Å². The molecule has 4 aromatic rings. The number of nitrogens with zero attached hydrogens (tertiary/aromatic N) is 7. The summed E-state index contributed by atoms with van der Waals surface area (Å²) in [4.78, 5) is 14.7. The van der Waals surface area contributed by atoms with Crippen molar-refractivity contribution in [1.29, 1.82) is 0 Å². The van der Waals surface area contributed by atoms with E-state index in [-0.39, 0.29) is 18.2 Å². The molecule has 0 atom stereocenters. The Morgan fingerprint density at radius 2 is 2.18 bits per heavy atom. The molecule has 0 bridgehead atoms. The van der Waals surface area contributed by atoms with Gasteiger partial charge < -0.3 is 19.8 Å². The smallest absolute Gasteiger partial charge is 0.288 e. The lowest BCUT2D eigenvalue weighted by molar-refractivity contribution is 0.356. The number of rotatable bonds is 7. The van der Waals surface area contributed by atoms with Crippen molar-refractivity contribution in [3.63, 3.8) is 0 Å². The van der Waals surface area contributed by atoms with Gasteiger partial charge in [-0.05, 0) is 32.3 Å². The Labute approximate surface area is 190 Å². The summed E-state index contributed by atoms with van der Waals surface area (Å²) in [5.41, 5.74) is 3.68. The van der Waals surface area contributed by atoms with E-state index in [0.29, 0.717) is 36.7 Å². The summed E-state index contributed by atoms with van der Waals surface area (Å²) < 4.78 is 23.8. The van der Waals surface area contributed by atoms with Gasteiger partial charge in [0.05, 0.1) is 24.4 Å². The summed E-state index contributed by atoms with van der Waals surface area (Å²) in [6, 6.07) is 5.01. The standard InChI is InChI=1S/C23H23FN8O/c1-25-21-14-31-22(29-21)17(19-6-8-28-32(19)10-9-30(2)3)13-27-23(31)26-12-16-15-7-11-33-20(15)5-4-18(16)24/h4-6,8,13-14H,7,9-12H2,2-3H3,(H,26,27). The zero-order chi connectivity index (χ0) is 22.9. The van der Waals surface area contributed by atoms with Crippen LogP contribution in [0.4, 0.5) is 16.2 Å². The highest BCUT2D eigenvalue weighted by atomic mass is 19.1. The average Bonchev–Trinajstić information content (AvgIpc) is 3.55. The largest absolute Gasteiger partial charge is 0.493 e. The molecule has 1 aliphatic heterocycles. The second kappa shape index (κ2) is 8.52. The lowest BCUT2D eigenvalue weighted by atomic mass is 10.0. The maximum absolute atomic E-state index is 14.6. The van der Waals surface area contributed by atoms with Crippen LogP contribution in [0.15, 0.2) is 36.8 Å². The Bertz CT molecular complexity index is 1370. The van der Waals surface area contributed by atoms with Crippen LogP contribution in [0.2, 0.25) is 0 Å². The molecule has 1 aromatic carbocycles. The van der Waals surface area contributed by atoms with Crippen molar-refractivity contribution in [1.82, 2.24) is 29.0 Å². The number of anilines is 1. The summed E-state index contributed by atoms with van der Waals surface area (Å²) in [7, 11) is 4.02. The Morgan fingerprint density at radius 1 is 1.30 bits per heavy atom. The molecule has 3 aromatic heterocycles. The van der Waals surface area contributed by atoms with E-state index in [9.17, 15) is 4.39 Å². The minimum Gasteiger partial charge on any atom is -0.493 e. The van der Waals surface area contributed by atoms with Gasteiger partial charge in [0.25, 0.3) is 5.82 Å². The Balaban J connectivity index is 1.51. The average molecular weight is 446 g/mol. The molecule has 0 saturated carbocycles. The minimum atomic E-state index is -0.281. The van der Waals surface area contributed by atoms with Gasteiger partial charge >= 0.3 is 0 Å². The van der Waals surface area contributed by atoms with Gasteiger partial charge in [0.1, 0.15) is 11.6 Å². The van der Waals surface area contributed by atoms with E-state index >= 15 is 0 Å². The third-order valence-corrected chi connectivity index (χ3v) is 5.71. The number of ether oxygens (including phenoxy) is 1. The number of hydrogen-bond acceptors (Lipinski definition) is 6. The number of nitrogens with one attached hydrogen (secondary N) is 1. The van der Waals surface area contributed by atoms with Gasteiger partial charge in [-0.3, -0.25) is 9.08 Å². The van der Waals surface area contributed by atoms with Crippen LogP contribution in [-0.2, 0) is 19.5 Å². The summed E-state index contributed by atoms with van der Waals surface area (Å²) in [6.45, 7) is 9.75. The molecular weight excluding hydrogens is 423 g/mol. The van der Waals surface area contributed by atoms with Gasteiger partial charge in [-0.25, -0.2) is 9.37 Å². The summed E-state index contributed by atoms with van der Waals surface area (Å²) in [5.74, 6) is 1.18. The number of hydrogen-bond donors (Lipinski definition) is 1. The second-order valence-electron chi connectivity index (χ2n) is 8.10. The molecule has 4 heterocycles. The van der Waals surface area contributed by atoms with Gasteiger partial charge in [-0.1, -0.05) is 11.6 Å². The van der Waals surface area contributed by atoms with E-state index in [1.807, 2.05) is 24.8 Å². The van der Waals surface area contributed by atoms with Crippen LogP contribution < -0.4 is 10.1 Å². The summed E-state index contributed by atoms with van der Waals surface area (Å²) in [5, 5.41) is 7.66. The van der Waals surface area contributed by atoms with Crippen LogP contribution in [0.1, 0.15) is 11.1 Å². The third kappa shape index (κ3) is 3.87. The first kappa shape index (κ1) is 20.9. The fraction of sp³-hybridized carbons (Fsp3) is 0.304. The summed E-state index contributed by atoms with van der Waals surface area (Å²) >= 11 is 0. The zero-order valence-corrected chi connectivity index (χ0v) is 18.4. The fourth-order valence-corrected chi connectivity index (χ4v) is 4.04. The number of aromatic nitrogens is 5. The maximum Gasteiger partial charge on any atom is 0.288 e. The van der Waals surface area contributed by atoms with Crippen molar-refractivity contribution < 1.29 is 9.13 Å². The lowest BCUT2D eigenvalue weighted by Gasteiger charge is -2.14. The monoisotopic (exact) mass is 446 g/mol. The molecule has 0 fully saturated rings. The predicted octanol–water partition coefficient (Wildman–Crippen LogP) is 3.39. The van der Waals surface area contributed by atoms with Crippen LogP contribution in [-0.4, -0.2) is 56.3 Å². The molecule has 0 unspecified atom stereocenters. The van der Waals surface area contributed by atoms with E-state index in [2.05, 4.69) is 30.1 Å². The molecule has 0 aliphatic carbocycles. The first-order valence-electron chi connectivity index (χ1n) is 10.6. The van der Waals surface area contributed by atoms with Crippen LogP contribution in [0.25, 0.3) is 21.7 Å². The van der Waals surface area contributed by atoms with Crippen LogP contribution >= 0.6 is 0 Å². The van der Waals surface area contributed by atoms with Crippen LogP contribution in [0.3, 0.4) is 0 Å². The Hall–Kier alpha value is -3.97. The van der Waals surface area contributed by atoms with E-state index in [0.717, 1.165) is 29.1 Å². The molecule has 0 spiro atoms. The topological polar surface area (TPSA) is 76.9 Å². The number of fused-ring (bicyclic) bond motifs is 2. The third-order valence-electron chi connectivity index (χ3n) is 5.71. The molecule has 0 radical (unpaired) electrons. The SMILES string of the molecule is [C-]#[N+]c1cn2c(NCc3c(F)ccc4c3CCO4)ncc(-c3ccnn3CCN(C)C)c2n1.